The van der Waals surface area contributed by atoms with Gasteiger partial charge in [-0.3, -0.25) is 14.2 Å². The molecule has 0 aromatic carbocycles. The van der Waals surface area contributed by atoms with Gasteiger partial charge in [0.1, 0.15) is 17.3 Å². The first-order valence-corrected chi connectivity index (χ1v) is 10.4. The molecule has 0 saturated carbocycles. The standard InChI is InChI=1S/C21H21N5O2S/c1-3-14-6-7-15-18(16(13-22)20(27)24(2)19(15)23-14)25-8-10-26(11-9-25)21(28)17-5-4-12-29-17/h4-7,12H,3,8-11H2,1-2H3. The van der Waals surface area contributed by atoms with E-state index >= 15 is 0 Å². The predicted molar refractivity (Wildman–Crippen MR) is 114 cm³/mol. The summed E-state index contributed by atoms with van der Waals surface area (Å²) in [6.45, 7) is 4.21. The molecule has 1 aliphatic rings. The first-order valence-electron chi connectivity index (χ1n) is 9.55. The van der Waals surface area contributed by atoms with Gasteiger partial charge in [0.25, 0.3) is 11.5 Å². The molecule has 3 aromatic heterocycles. The molecule has 8 heteroatoms. The highest BCUT2D eigenvalue weighted by Crippen LogP contribution is 2.29. The minimum atomic E-state index is -0.340. The van der Waals surface area contributed by atoms with E-state index < -0.39 is 0 Å². The van der Waals surface area contributed by atoms with Crippen LogP contribution in [0.2, 0.25) is 0 Å². The SMILES string of the molecule is CCc1ccc2c(N3CCN(C(=O)c4cccs4)CC3)c(C#N)c(=O)n(C)c2n1. The molecule has 0 N–H and O–H groups in total. The zero-order valence-electron chi connectivity index (χ0n) is 16.4. The Hall–Kier alpha value is -3.18. The van der Waals surface area contributed by atoms with Crippen molar-refractivity contribution in [2.75, 3.05) is 31.1 Å². The smallest absolute Gasteiger partial charge is 0.272 e. The summed E-state index contributed by atoms with van der Waals surface area (Å²) in [4.78, 5) is 34.6. The summed E-state index contributed by atoms with van der Waals surface area (Å²) >= 11 is 1.44. The van der Waals surface area contributed by atoms with Crippen LogP contribution >= 0.6 is 11.3 Å². The molecule has 29 heavy (non-hydrogen) atoms. The number of pyridine rings is 2. The summed E-state index contributed by atoms with van der Waals surface area (Å²) in [6, 6.07) is 9.68. The van der Waals surface area contributed by atoms with Gasteiger partial charge in [0.2, 0.25) is 0 Å². The van der Waals surface area contributed by atoms with Crippen LogP contribution in [0, 0.1) is 11.3 Å². The predicted octanol–water partition coefficient (Wildman–Crippen LogP) is 2.39. The number of rotatable bonds is 3. The third kappa shape index (κ3) is 3.28. The summed E-state index contributed by atoms with van der Waals surface area (Å²) in [5.74, 6) is 0.0308. The lowest BCUT2D eigenvalue weighted by molar-refractivity contribution is 0.0751. The topological polar surface area (TPSA) is 82.2 Å². The van der Waals surface area contributed by atoms with Gasteiger partial charge in [-0.25, -0.2) is 4.98 Å². The molecule has 1 saturated heterocycles. The Kier molecular flexibility index (Phi) is 5.07. The number of carbonyl (C=O) groups excluding carboxylic acids is 1. The van der Waals surface area contributed by atoms with Gasteiger partial charge >= 0.3 is 0 Å². The number of nitriles is 1. The van der Waals surface area contributed by atoms with E-state index in [9.17, 15) is 14.9 Å². The lowest BCUT2D eigenvalue weighted by atomic mass is 10.1. The highest BCUT2D eigenvalue weighted by molar-refractivity contribution is 7.12. The van der Waals surface area contributed by atoms with E-state index in [-0.39, 0.29) is 17.0 Å². The third-order valence-corrected chi connectivity index (χ3v) is 6.21. The van der Waals surface area contributed by atoms with Crippen molar-refractivity contribution >= 4 is 34.0 Å². The maximum absolute atomic E-state index is 12.8. The lowest BCUT2D eigenvalue weighted by Crippen LogP contribution is -2.49. The molecule has 3 aromatic rings. The molecule has 0 bridgehead atoms. The van der Waals surface area contributed by atoms with E-state index in [1.807, 2.05) is 46.4 Å². The van der Waals surface area contributed by atoms with Crippen molar-refractivity contribution in [3.63, 3.8) is 0 Å². The van der Waals surface area contributed by atoms with Gasteiger partial charge in [0.05, 0.1) is 10.6 Å². The number of thiophene rings is 1. The van der Waals surface area contributed by atoms with Crippen molar-refractivity contribution < 1.29 is 4.79 Å². The van der Waals surface area contributed by atoms with Gasteiger partial charge < -0.3 is 9.80 Å². The summed E-state index contributed by atoms with van der Waals surface area (Å²) in [6.07, 6.45) is 0.767. The Morgan fingerprint density at radius 3 is 2.62 bits per heavy atom. The highest BCUT2D eigenvalue weighted by atomic mass is 32.1. The quantitative estimate of drug-likeness (QED) is 0.666. The van der Waals surface area contributed by atoms with E-state index in [2.05, 4.69) is 11.1 Å². The van der Waals surface area contributed by atoms with Gasteiger partial charge in [-0.2, -0.15) is 5.26 Å². The second-order valence-corrected chi connectivity index (χ2v) is 7.93. The first kappa shape index (κ1) is 19.2. The van der Waals surface area contributed by atoms with Gasteiger partial charge in [-0.15, -0.1) is 11.3 Å². The average Bonchev–Trinajstić information content (AvgIpc) is 3.30. The van der Waals surface area contributed by atoms with Crippen molar-refractivity contribution in [3.05, 3.63) is 56.1 Å². The number of anilines is 1. The fourth-order valence-electron chi connectivity index (χ4n) is 3.74. The monoisotopic (exact) mass is 407 g/mol. The molecule has 1 aliphatic heterocycles. The zero-order valence-corrected chi connectivity index (χ0v) is 17.2. The van der Waals surface area contributed by atoms with Gasteiger partial charge in [-0.1, -0.05) is 13.0 Å². The Bertz CT molecular complexity index is 1170. The Balaban J connectivity index is 1.71. The summed E-state index contributed by atoms with van der Waals surface area (Å²) in [7, 11) is 1.65. The molecule has 7 nitrogen and oxygen atoms in total. The molecule has 1 fully saturated rings. The molecule has 0 atom stereocenters. The number of hydrogen-bond donors (Lipinski definition) is 0. The second kappa shape index (κ2) is 7.68. The van der Waals surface area contributed by atoms with Gasteiger partial charge in [0.15, 0.2) is 0 Å². The maximum Gasteiger partial charge on any atom is 0.272 e. The molecule has 0 radical (unpaired) electrons. The molecular formula is C21H21N5O2S. The van der Waals surface area contributed by atoms with Gasteiger partial charge in [0, 0.05) is 44.3 Å². The summed E-state index contributed by atoms with van der Waals surface area (Å²) in [5.41, 5.74) is 1.90. The second-order valence-electron chi connectivity index (χ2n) is 6.98. The van der Waals surface area contributed by atoms with E-state index in [1.54, 1.807) is 7.05 Å². The molecule has 0 aliphatic carbocycles. The van der Waals surface area contributed by atoms with E-state index in [4.69, 9.17) is 0 Å². The molecule has 1 amide bonds. The molecule has 4 rings (SSSR count). The maximum atomic E-state index is 12.8. The molecule has 148 valence electrons. The van der Waals surface area contributed by atoms with Crippen LogP contribution in [0.1, 0.15) is 27.9 Å². The van der Waals surface area contributed by atoms with Crippen molar-refractivity contribution in [3.8, 4) is 6.07 Å². The fraction of sp³-hybridized carbons (Fsp3) is 0.333. The Morgan fingerprint density at radius 2 is 2.00 bits per heavy atom. The molecule has 0 unspecified atom stereocenters. The largest absolute Gasteiger partial charge is 0.366 e. The summed E-state index contributed by atoms with van der Waals surface area (Å²) < 4.78 is 1.45. The normalized spacial score (nSPS) is 14.2. The molecule has 0 spiro atoms. The number of piperazine rings is 1. The lowest BCUT2D eigenvalue weighted by Gasteiger charge is -2.36. The minimum absolute atomic E-state index is 0.0308. The minimum Gasteiger partial charge on any atom is -0.366 e. The van der Waals surface area contributed by atoms with Crippen LogP contribution in [-0.4, -0.2) is 46.5 Å². The van der Waals surface area contributed by atoms with Crippen LogP contribution < -0.4 is 10.5 Å². The number of amides is 1. The number of aromatic nitrogens is 2. The number of aryl methyl sites for hydroxylation is 2. The fourth-order valence-corrected chi connectivity index (χ4v) is 4.43. The van der Waals surface area contributed by atoms with Crippen LogP contribution in [0.3, 0.4) is 0 Å². The average molecular weight is 407 g/mol. The number of carbonyl (C=O) groups is 1. The third-order valence-electron chi connectivity index (χ3n) is 5.35. The van der Waals surface area contributed by atoms with Crippen LogP contribution in [0.25, 0.3) is 11.0 Å². The van der Waals surface area contributed by atoms with E-state index in [0.717, 1.165) is 22.4 Å². The van der Waals surface area contributed by atoms with Crippen LogP contribution in [0.4, 0.5) is 5.69 Å². The number of hydrogen-bond acceptors (Lipinski definition) is 6. The van der Waals surface area contributed by atoms with E-state index in [0.29, 0.717) is 37.5 Å². The van der Waals surface area contributed by atoms with E-state index in [1.165, 1.54) is 15.9 Å². The van der Waals surface area contributed by atoms with Crippen LogP contribution in [-0.2, 0) is 13.5 Å². The zero-order chi connectivity index (χ0) is 20.5. The summed E-state index contributed by atoms with van der Waals surface area (Å²) in [5, 5.41) is 12.4. The van der Waals surface area contributed by atoms with Crippen LogP contribution in [0.5, 0.6) is 0 Å². The first-order chi connectivity index (χ1) is 14.0. The van der Waals surface area contributed by atoms with Crippen molar-refractivity contribution in [2.24, 2.45) is 7.05 Å². The highest BCUT2D eigenvalue weighted by Gasteiger charge is 2.27. The number of nitrogens with zero attached hydrogens (tertiary/aromatic N) is 5. The van der Waals surface area contributed by atoms with Crippen molar-refractivity contribution in [2.45, 2.75) is 13.3 Å². The Labute approximate surface area is 172 Å². The number of fused-ring (bicyclic) bond motifs is 1. The molecule has 4 heterocycles. The van der Waals surface area contributed by atoms with Crippen molar-refractivity contribution in [1.29, 1.82) is 5.26 Å². The van der Waals surface area contributed by atoms with Gasteiger partial charge in [-0.05, 0) is 30.0 Å². The van der Waals surface area contributed by atoms with Crippen molar-refractivity contribution in [1.82, 2.24) is 14.5 Å². The molecular weight excluding hydrogens is 386 g/mol. The van der Waals surface area contributed by atoms with Crippen LogP contribution in [0.15, 0.2) is 34.4 Å². The Morgan fingerprint density at radius 1 is 1.24 bits per heavy atom.